The number of carbonyl (C=O) groups is 1. The van der Waals surface area contributed by atoms with Gasteiger partial charge in [0.25, 0.3) is 0 Å². The number of fused-ring (bicyclic) bond motifs is 1. The van der Waals surface area contributed by atoms with Crippen molar-refractivity contribution in [3.63, 3.8) is 0 Å². The third kappa shape index (κ3) is 2.63. The zero-order valence-corrected chi connectivity index (χ0v) is 13.5. The van der Waals surface area contributed by atoms with Crippen LogP contribution in [-0.2, 0) is 15.1 Å². The molecule has 0 aliphatic carbocycles. The second-order valence-electron chi connectivity index (χ2n) is 7.13. The van der Waals surface area contributed by atoms with Crippen molar-refractivity contribution in [1.29, 1.82) is 0 Å². The van der Waals surface area contributed by atoms with Crippen molar-refractivity contribution in [3.05, 3.63) is 36.0 Å². The highest BCUT2D eigenvalue weighted by molar-refractivity contribution is 5.84. The fourth-order valence-corrected chi connectivity index (χ4v) is 3.05. The van der Waals surface area contributed by atoms with Gasteiger partial charge in [-0.1, -0.05) is 18.2 Å². The number of esters is 1. The van der Waals surface area contributed by atoms with Crippen molar-refractivity contribution in [3.8, 4) is 0 Å². The van der Waals surface area contributed by atoms with Crippen LogP contribution in [0.15, 0.2) is 30.5 Å². The van der Waals surface area contributed by atoms with Crippen molar-refractivity contribution in [2.75, 3.05) is 13.1 Å². The van der Waals surface area contributed by atoms with Crippen LogP contribution in [-0.4, -0.2) is 24.0 Å². The zero-order valence-electron chi connectivity index (χ0n) is 13.5. The highest BCUT2D eigenvalue weighted by Crippen LogP contribution is 2.39. The van der Waals surface area contributed by atoms with Crippen LogP contribution in [0.2, 0.25) is 0 Å². The number of para-hydroxylation sites is 1. The Balaban J connectivity index is 2.06. The molecule has 0 radical (unpaired) electrons. The largest absolute Gasteiger partial charge is 0.454 e. The van der Waals surface area contributed by atoms with E-state index in [1.807, 2.05) is 33.0 Å². The summed E-state index contributed by atoms with van der Waals surface area (Å²) in [6.07, 6.45) is 3.54. The number of aromatic nitrogens is 1. The Morgan fingerprint density at radius 2 is 1.91 bits per heavy atom. The van der Waals surface area contributed by atoms with E-state index in [-0.39, 0.29) is 5.97 Å². The molecule has 4 nitrogen and oxygen atoms in total. The molecule has 2 heterocycles. The topological polar surface area (TPSA) is 54.1 Å². The highest BCUT2D eigenvalue weighted by atomic mass is 16.6. The number of carbonyl (C=O) groups excluding carboxylic acids is 1. The lowest BCUT2D eigenvalue weighted by Crippen LogP contribution is -2.45. The van der Waals surface area contributed by atoms with Gasteiger partial charge in [0.2, 0.25) is 0 Å². The first-order valence-electron chi connectivity index (χ1n) is 7.93. The number of hydrogen-bond donors (Lipinski definition) is 2. The van der Waals surface area contributed by atoms with Gasteiger partial charge in [-0.05, 0) is 45.3 Å². The van der Waals surface area contributed by atoms with E-state index in [9.17, 15) is 4.79 Å². The Morgan fingerprint density at radius 3 is 2.59 bits per heavy atom. The molecule has 0 unspecified atom stereocenters. The Bertz CT molecular complexity index is 676. The van der Waals surface area contributed by atoms with Crippen molar-refractivity contribution in [1.82, 2.24) is 10.3 Å². The average molecular weight is 300 g/mol. The predicted molar refractivity (Wildman–Crippen MR) is 87.6 cm³/mol. The van der Waals surface area contributed by atoms with Gasteiger partial charge in [0.15, 0.2) is 0 Å². The Kier molecular flexibility index (Phi) is 3.73. The Morgan fingerprint density at radius 1 is 1.18 bits per heavy atom. The summed E-state index contributed by atoms with van der Waals surface area (Å²) in [6, 6.07) is 8.26. The van der Waals surface area contributed by atoms with Crippen LogP contribution in [0.3, 0.4) is 0 Å². The minimum absolute atomic E-state index is 0.141. The number of nitrogens with one attached hydrogen (secondary N) is 2. The number of rotatable bonds is 2. The molecule has 4 heteroatoms. The Hall–Kier alpha value is -1.81. The molecule has 2 aromatic rings. The second-order valence-corrected chi connectivity index (χ2v) is 7.13. The van der Waals surface area contributed by atoms with Crippen LogP contribution in [0, 0.1) is 5.41 Å². The molecule has 1 fully saturated rings. The normalized spacial score (nSPS) is 18.3. The van der Waals surface area contributed by atoms with Crippen LogP contribution < -0.4 is 5.32 Å². The number of piperidine rings is 1. The van der Waals surface area contributed by atoms with Crippen molar-refractivity contribution < 1.29 is 9.53 Å². The fourth-order valence-electron chi connectivity index (χ4n) is 3.05. The first kappa shape index (κ1) is 15.1. The van der Waals surface area contributed by atoms with Crippen molar-refractivity contribution >= 4 is 16.9 Å². The van der Waals surface area contributed by atoms with Crippen molar-refractivity contribution in [2.45, 2.75) is 39.2 Å². The van der Waals surface area contributed by atoms with E-state index in [1.54, 1.807) is 0 Å². The van der Waals surface area contributed by atoms with Gasteiger partial charge in [0.1, 0.15) is 5.60 Å². The minimum atomic E-state index is -0.542. The lowest BCUT2D eigenvalue weighted by molar-refractivity contribution is -0.174. The third-order valence-electron chi connectivity index (χ3n) is 4.39. The molecule has 1 aliphatic heterocycles. The minimum Gasteiger partial charge on any atom is -0.454 e. The molecule has 0 amide bonds. The summed E-state index contributed by atoms with van der Waals surface area (Å²) in [7, 11) is 0. The molecular weight excluding hydrogens is 276 g/mol. The van der Waals surface area contributed by atoms with Gasteiger partial charge in [0.05, 0.1) is 10.9 Å². The van der Waals surface area contributed by atoms with E-state index in [4.69, 9.17) is 4.74 Å². The van der Waals surface area contributed by atoms with E-state index >= 15 is 0 Å². The maximum absolute atomic E-state index is 12.5. The maximum Gasteiger partial charge on any atom is 0.312 e. The SMILES string of the molecule is CC(C)(C)C(=O)OC1(c2cccc3cc[nH]c23)CCNCC1. The number of H-pyrrole nitrogens is 1. The summed E-state index contributed by atoms with van der Waals surface area (Å²) in [5.41, 5.74) is 1.13. The summed E-state index contributed by atoms with van der Waals surface area (Å²) < 4.78 is 6.11. The summed E-state index contributed by atoms with van der Waals surface area (Å²) in [4.78, 5) is 15.8. The first-order chi connectivity index (χ1) is 10.4. The lowest BCUT2D eigenvalue weighted by atomic mass is 9.83. The predicted octanol–water partition coefficient (Wildman–Crippen LogP) is 3.34. The van der Waals surface area contributed by atoms with Gasteiger partial charge in [-0.3, -0.25) is 4.79 Å². The second kappa shape index (κ2) is 5.43. The molecule has 0 spiro atoms. The van der Waals surface area contributed by atoms with E-state index in [1.165, 1.54) is 0 Å². The number of aromatic amines is 1. The first-order valence-corrected chi connectivity index (χ1v) is 7.93. The van der Waals surface area contributed by atoms with Crippen LogP contribution in [0.25, 0.3) is 10.9 Å². The monoisotopic (exact) mass is 300 g/mol. The molecule has 0 atom stereocenters. The van der Waals surface area contributed by atoms with Crippen LogP contribution >= 0.6 is 0 Å². The summed E-state index contributed by atoms with van der Waals surface area (Å²) in [5.74, 6) is -0.141. The van der Waals surface area contributed by atoms with Crippen LogP contribution in [0.5, 0.6) is 0 Å². The average Bonchev–Trinajstić information content (AvgIpc) is 2.95. The summed E-state index contributed by atoms with van der Waals surface area (Å²) in [5, 5.41) is 4.52. The third-order valence-corrected chi connectivity index (χ3v) is 4.39. The molecule has 3 rings (SSSR count). The standard InChI is InChI=1S/C18H24N2O2/c1-17(2,3)16(21)22-18(8-11-19-12-9-18)14-6-4-5-13-7-10-20-15(13)14/h4-7,10,19-20H,8-9,11-12H2,1-3H3. The van der Waals surface area contributed by atoms with Gasteiger partial charge < -0.3 is 15.0 Å². The summed E-state index contributed by atoms with van der Waals surface area (Å²) in [6.45, 7) is 7.42. The van der Waals surface area contributed by atoms with Crippen LogP contribution in [0.1, 0.15) is 39.2 Å². The number of hydrogen-bond acceptors (Lipinski definition) is 3. The van der Waals surface area contributed by atoms with E-state index in [2.05, 4.69) is 28.5 Å². The molecular formula is C18H24N2O2. The molecule has 118 valence electrons. The maximum atomic E-state index is 12.5. The van der Waals surface area contributed by atoms with E-state index in [0.29, 0.717) is 0 Å². The molecule has 2 N–H and O–H groups in total. The molecule has 0 saturated carbocycles. The van der Waals surface area contributed by atoms with Crippen LogP contribution in [0.4, 0.5) is 0 Å². The van der Waals surface area contributed by atoms with Gasteiger partial charge in [-0.25, -0.2) is 0 Å². The van der Waals surface area contributed by atoms with Gasteiger partial charge in [0, 0.05) is 24.6 Å². The lowest BCUT2D eigenvalue weighted by Gasteiger charge is -2.39. The number of benzene rings is 1. The quantitative estimate of drug-likeness (QED) is 0.836. The molecule has 1 aromatic heterocycles. The number of ether oxygens (including phenoxy) is 1. The molecule has 1 saturated heterocycles. The van der Waals surface area contributed by atoms with Gasteiger partial charge in [-0.15, -0.1) is 0 Å². The van der Waals surface area contributed by atoms with E-state index < -0.39 is 11.0 Å². The van der Waals surface area contributed by atoms with Gasteiger partial charge in [-0.2, -0.15) is 0 Å². The highest BCUT2D eigenvalue weighted by Gasteiger charge is 2.41. The molecule has 1 aromatic carbocycles. The fraction of sp³-hybridized carbons (Fsp3) is 0.500. The Labute approximate surface area is 131 Å². The van der Waals surface area contributed by atoms with E-state index in [0.717, 1.165) is 42.4 Å². The zero-order chi connectivity index (χ0) is 15.8. The molecule has 1 aliphatic rings. The molecule has 22 heavy (non-hydrogen) atoms. The van der Waals surface area contributed by atoms with Crippen molar-refractivity contribution in [2.24, 2.45) is 5.41 Å². The molecule has 0 bridgehead atoms. The smallest absolute Gasteiger partial charge is 0.312 e. The van der Waals surface area contributed by atoms with Gasteiger partial charge >= 0.3 is 5.97 Å². The summed E-state index contributed by atoms with van der Waals surface area (Å²) >= 11 is 0.